The van der Waals surface area contributed by atoms with E-state index >= 15 is 0 Å². The molecular formula is C15H23NO3. The zero-order valence-electron chi connectivity index (χ0n) is 11.7. The minimum Gasteiger partial charge on any atom is -0.497 e. The van der Waals surface area contributed by atoms with E-state index in [0.717, 1.165) is 30.7 Å². The van der Waals surface area contributed by atoms with Crippen LogP contribution in [0.4, 0.5) is 0 Å². The zero-order valence-corrected chi connectivity index (χ0v) is 11.7. The molecule has 106 valence electrons. The standard InChI is InChI=1S/C15H23NO3/c1-15(18)7-4-8-16(11-15)10-14(17)12-5-3-6-13(9-12)19-2/h3,5-6,9,14,17-18H,4,7-8,10-11H2,1-2H3. The van der Waals surface area contributed by atoms with Crippen molar-refractivity contribution < 1.29 is 14.9 Å². The van der Waals surface area contributed by atoms with Gasteiger partial charge in [0.25, 0.3) is 0 Å². The van der Waals surface area contributed by atoms with E-state index in [1.165, 1.54) is 0 Å². The van der Waals surface area contributed by atoms with Crippen LogP contribution in [0.5, 0.6) is 5.75 Å². The molecule has 1 aliphatic heterocycles. The van der Waals surface area contributed by atoms with Gasteiger partial charge in [-0.2, -0.15) is 0 Å². The van der Waals surface area contributed by atoms with Crippen molar-refractivity contribution in [3.8, 4) is 5.75 Å². The van der Waals surface area contributed by atoms with Crippen LogP contribution in [0.15, 0.2) is 24.3 Å². The lowest BCUT2D eigenvalue weighted by Gasteiger charge is -2.37. The molecule has 0 amide bonds. The monoisotopic (exact) mass is 265 g/mol. The van der Waals surface area contributed by atoms with Gasteiger partial charge in [-0.3, -0.25) is 4.90 Å². The number of aliphatic hydroxyl groups is 2. The Bertz CT molecular complexity index is 420. The highest BCUT2D eigenvalue weighted by Crippen LogP contribution is 2.24. The number of methoxy groups -OCH3 is 1. The highest BCUT2D eigenvalue weighted by Gasteiger charge is 2.29. The van der Waals surface area contributed by atoms with Gasteiger partial charge in [0.2, 0.25) is 0 Å². The van der Waals surface area contributed by atoms with Crippen molar-refractivity contribution in [2.75, 3.05) is 26.7 Å². The van der Waals surface area contributed by atoms with Crippen LogP contribution in [-0.4, -0.2) is 47.5 Å². The largest absolute Gasteiger partial charge is 0.497 e. The van der Waals surface area contributed by atoms with E-state index in [4.69, 9.17) is 4.74 Å². The van der Waals surface area contributed by atoms with Gasteiger partial charge in [0.15, 0.2) is 0 Å². The first-order valence-electron chi connectivity index (χ1n) is 6.77. The molecule has 0 aliphatic carbocycles. The summed E-state index contributed by atoms with van der Waals surface area (Å²) in [6.45, 7) is 3.95. The molecule has 0 bridgehead atoms. The molecule has 0 spiro atoms. The first-order chi connectivity index (χ1) is 9.00. The number of rotatable bonds is 4. The van der Waals surface area contributed by atoms with Gasteiger partial charge in [0.1, 0.15) is 5.75 Å². The Morgan fingerprint density at radius 2 is 2.26 bits per heavy atom. The number of aliphatic hydroxyl groups excluding tert-OH is 1. The van der Waals surface area contributed by atoms with Crippen molar-refractivity contribution in [3.63, 3.8) is 0 Å². The Kier molecular flexibility index (Phi) is 4.45. The molecule has 19 heavy (non-hydrogen) atoms. The molecule has 1 heterocycles. The van der Waals surface area contributed by atoms with Crippen LogP contribution in [0.1, 0.15) is 31.4 Å². The molecule has 2 rings (SSSR count). The van der Waals surface area contributed by atoms with Crippen molar-refractivity contribution in [2.45, 2.75) is 31.5 Å². The topological polar surface area (TPSA) is 52.9 Å². The van der Waals surface area contributed by atoms with Crippen LogP contribution in [0.3, 0.4) is 0 Å². The molecular weight excluding hydrogens is 242 g/mol. The number of ether oxygens (including phenoxy) is 1. The lowest BCUT2D eigenvalue weighted by Crippen LogP contribution is -2.47. The summed E-state index contributed by atoms with van der Waals surface area (Å²) in [4.78, 5) is 2.12. The minimum absolute atomic E-state index is 0.545. The summed E-state index contributed by atoms with van der Waals surface area (Å²) in [7, 11) is 1.62. The third-order valence-electron chi connectivity index (χ3n) is 3.66. The highest BCUT2D eigenvalue weighted by molar-refractivity contribution is 5.29. The van der Waals surface area contributed by atoms with Crippen LogP contribution in [0.2, 0.25) is 0 Å². The lowest BCUT2D eigenvalue weighted by atomic mass is 9.94. The third-order valence-corrected chi connectivity index (χ3v) is 3.66. The Balaban J connectivity index is 1.98. The number of hydrogen-bond acceptors (Lipinski definition) is 4. The number of hydrogen-bond donors (Lipinski definition) is 2. The summed E-state index contributed by atoms with van der Waals surface area (Å²) >= 11 is 0. The molecule has 1 fully saturated rings. The van der Waals surface area contributed by atoms with E-state index in [-0.39, 0.29) is 0 Å². The number of nitrogens with zero attached hydrogens (tertiary/aromatic N) is 1. The van der Waals surface area contributed by atoms with Crippen LogP contribution in [0, 0.1) is 0 Å². The van der Waals surface area contributed by atoms with Crippen molar-refractivity contribution in [1.29, 1.82) is 0 Å². The maximum atomic E-state index is 10.3. The molecule has 1 aromatic carbocycles. The van der Waals surface area contributed by atoms with Gasteiger partial charge in [-0.05, 0) is 44.0 Å². The molecule has 1 aliphatic rings. The average molecular weight is 265 g/mol. The summed E-state index contributed by atoms with van der Waals surface area (Å²) in [5, 5.41) is 20.4. The lowest BCUT2D eigenvalue weighted by molar-refractivity contribution is -0.0281. The van der Waals surface area contributed by atoms with E-state index < -0.39 is 11.7 Å². The molecule has 0 radical (unpaired) electrons. The molecule has 4 nitrogen and oxygen atoms in total. The van der Waals surface area contributed by atoms with Gasteiger partial charge >= 0.3 is 0 Å². The van der Waals surface area contributed by atoms with Gasteiger partial charge in [-0.1, -0.05) is 12.1 Å². The van der Waals surface area contributed by atoms with Crippen molar-refractivity contribution in [3.05, 3.63) is 29.8 Å². The molecule has 2 unspecified atom stereocenters. The minimum atomic E-state index is -0.633. The Labute approximate surface area is 114 Å². The SMILES string of the molecule is COc1cccc(C(O)CN2CCCC(C)(O)C2)c1. The van der Waals surface area contributed by atoms with Crippen LogP contribution in [0.25, 0.3) is 0 Å². The summed E-state index contributed by atoms with van der Waals surface area (Å²) in [6, 6.07) is 7.49. The predicted molar refractivity (Wildman–Crippen MR) is 74.3 cm³/mol. The van der Waals surface area contributed by atoms with Crippen molar-refractivity contribution in [1.82, 2.24) is 4.90 Å². The van der Waals surface area contributed by atoms with Gasteiger partial charge in [-0.25, -0.2) is 0 Å². The van der Waals surface area contributed by atoms with Crippen LogP contribution >= 0.6 is 0 Å². The van der Waals surface area contributed by atoms with Gasteiger partial charge in [0.05, 0.1) is 18.8 Å². The second-order valence-electron chi connectivity index (χ2n) is 5.63. The number of likely N-dealkylation sites (tertiary alicyclic amines) is 1. The smallest absolute Gasteiger partial charge is 0.119 e. The fraction of sp³-hybridized carbons (Fsp3) is 0.600. The van der Waals surface area contributed by atoms with Crippen molar-refractivity contribution >= 4 is 0 Å². The van der Waals surface area contributed by atoms with Crippen LogP contribution in [-0.2, 0) is 0 Å². The van der Waals surface area contributed by atoms with E-state index in [1.54, 1.807) is 7.11 Å². The molecule has 2 N–H and O–H groups in total. The summed E-state index contributed by atoms with van der Waals surface area (Å²) in [6.07, 6.45) is 1.25. The zero-order chi connectivity index (χ0) is 13.9. The fourth-order valence-corrected chi connectivity index (χ4v) is 2.68. The molecule has 0 aromatic heterocycles. The summed E-state index contributed by atoms with van der Waals surface area (Å²) in [5.74, 6) is 0.752. The molecule has 4 heteroatoms. The summed E-state index contributed by atoms with van der Waals surface area (Å²) in [5.41, 5.74) is 0.219. The molecule has 1 saturated heterocycles. The van der Waals surface area contributed by atoms with E-state index in [9.17, 15) is 10.2 Å². The first kappa shape index (κ1) is 14.3. The summed E-state index contributed by atoms with van der Waals surface area (Å²) < 4.78 is 5.16. The Morgan fingerprint density at radius 3 is 2.95 bits per heavy atom. The van der Waals surface area contributed by atoms with Crippen molar-refractivity contribution in [2.24, 2.45) is 0 Å². The molecule has 1 aromatic rings. The number of β-amino-alcohol motifs (C(OH)–C–C–N with tert-alkyl or cyclic N) is 2. The van der Waals surface area contributed by atoms with Crippen LogP contribution < -0.4 is 4.74 Å². The fourth-order valence-electron chi connectivity index (χ4n) is 2.68. The average Bonchev–Trinajstić information content (AvgIpc) is 2.37. The second-order valence-corrected chi connectivity index (χ2v) is 5.63. The normalized spacial score (nSPS) is 26.1. The number of piperidine rings is 1. The molecule has 2 atom stereocenters. The quantitative estimate of drug-likeness (QED) is 0.868. The van der Waals surface area contributed by atoms with E-state index in [1.807, 2.05) is 31.2 Å². The Morgan fingerprint density at radius 1 is 1.47 bits per heavy atom. The first-order valence-corrected chi connectivity index (χ1v) is 6.77. The second kappa shape index (κ2) is 5.90. The molecule has 0 saturated carbocycles. The maximum Gasteiger partial charge on any atom is 0.119 e. The van der Waals surface area contributed by atoms with E-state index in [0.29, 0.717) is 13.1 Å². The maximum absolute atomic E-state index is 10.3. The third kappa shape index (κ3) is 3.93. The number of benzene rings is 1. The van der Waals surface area contributed by atoms with Gasteiger partial charge in [0, 0.05) is 13.1 Å². The highest BCUT2D eigenvalue weighted by atomic mass is 16.5. The van der Waals surface area contributed by atoms with Gasteiger partial charge < -0.3 is 14.9 Å². The van der Waals surface area contributed by atoms with Gasteiger partial charge in [-0.15, -0.1) is 0 Å². The Hall–Kier alpha value is -1.10. The van der Waals surface area contributed by atoms with E-state index in [2.05, 4.69) is 4.90 Å². The predicted octanol–water partition coefficient (Wildman–Crippen LogP) is 1.58.